The second kappa shape index (κ2) is 8.70. The lowest BCUT2D eigenvalue weighted by Crippen LogP contribution is -2.42. The molecule has 1 aromatic carbocycles. The number of hydrogen-bond donors (Lipinski definition) is 0. The first-order chi connectivity index (χ1) is 14.7. The molecule has 2 aromatic rings. The highest BCUT2D eigenvalue weighted by molar-refractivity contribution is 7.89. The summed E-state index contributed by atoms with van der Waals surface area (Å²) in [5, 5.41) is 3.85. The van der Waals surface area contributed by atoms with Crippen LogP contribution >= 0.6 is 0 Å². The van der Waals surface area contributed by atoms with Crippen molar-refractivity contribution in [2.24, 2.45) is 11.8 Å². The van der Waals surface area contributed by atoms with Crippen molar-refractivity contribution in [1.29, 1.82) is 0 Å². The van der Waals surface area contributed by atoms with Crippen molar-refractivity contribution in [2.45, 2.75) is 50.8 Å². The molecule has 2 saturated heterocycles. The summed E-state index contributed by atoms with van der Waals surface area (Å²) in [6.07, 6.45) is 2.52. The van der Waals surface area contributed by atoms with Crippen molar-refractivity contribution in [3.05, 3.63) is 41.5 Å². The van der Waals surface area contributed by atoms with Crippen LogP contribution in [0.1, 0.15) is 61.1 Å². The number of nitrogens with zero attached hydrogens (tertiary/aromatic N) is 4. The lowest BCUT2D eigenvalue weighted by atomic mass is 9.94. The Morgan fingerprint density at radius 1 is 1.13 bits per heavy atom. The third kappa shape index (κ3) is 4.67. The van der Waals surface area contributed by atoms with Crippen molar-refractivity contribution in [1.82, 2.24) is 19.3 Å². The summed E-state index contributed by atoms with van der Waals surface area (Å²) in [7, 11) is -3.62. The molecule has 168 valence electrons. The molecular formula is C22H30N4O4S. The molecule has 0 N–H and O–H groups in total. The number of sulfonamides is 1. The fourth-order valence-corrected chi connectivity index (χ4v) is 6.46. The van der Waals surface area contributed by atoms with Crippen LogP contribution in [0.25, 0.3) is 0 Å². The van der Waals surface area contributed by atoms with Gasteiger partial charge >= 0.3 is 0 Å². The molecule has 0 spiro atoms. The fourth-order valence-electron chi connectivity index (χ4n) is 4.73. The maximum atomic E-state index is 13.2. The normalized spacial score (nSPS) is 23.8. The molecule has 0 saturated carbocycles. The molecule has 31 heavy (non-hydrogen) atoms. The third-order valence-corrected chi connectivity index (χ3v) is 8.06. The summed E-state index contributed by atoms with van der Waals surface area (Å²) >= 11 is 0. The minimum Gasteiger partial charge on any atom is -0.339 e. The SMILES string of the molecule is Cc1noc(C2CCN(C(=O)c3cccc(S(=O)(=O)N4CC(C)CC(C)C4)c3)CC2)n1. The largest absolute Gasteiger partial charge is 0.339 e. The van der Waals surface area contributed by atoms with Gasteiger partial charge in [0, 0.05) is 37.7 Å². The molecule has 1 aromatic heterocycles. The van der Waals surface area contributed by atoms with E-state index < -0.39 is 10.0 Å². The Hall–Kier alpha value is -2.26. The zero-order valence-corrected chi connectivity index (χ0v) is 19.1. The quantitative estimate of drug-likeness (QED) is 0.716. The van der Waals surface area contributed by atoms with Crippen LogP contribution < -0.4 is 0 Å². The van der Waals surface area contributed by atoms with E-state index in [9.17, 15) is 13.2 Å². The van der Waals surface area contributed by atoms with E-state index in [4.69, 9.17) is 4.52 Å². The van der Waals surface area contributed by atoms with E-state index in [1.165, 1.54) is 6.07 Å². The van der Waals surface area contributed by atoms with Gasteiger partial charge < -0.3 is 9.42 Å². The number of benzene rings is 1. The van der Waals surface area contributed by atoms with Gasteiger partial charge in [0.1, 0.15) is 0 Å². The molecule has 2 aliphatic heterocycles. The predicted molar refractivity (Wildman–Crippen MR) is 115 cm³/mol. The molecule has 4 rings (SSSR count). The highest BCUT2D eigenvalue weighted by Gasteiger charge is 2.33. The topological polar surface area (TPSA) is 96.6 Å². The van der Waals surface area contributed by atoms with Gasteiger partial charge in [-0.1, -0.05) is 25.1 Å². The number of amides is 1. The Morgan fingerprint density at radius 2 is 1.81 bits per heavy atom. The predicted octanol–water partition coefficient (Wildman–Crippen LogP) is 3.06. The van der Waals surface area contributed by atoms with Gasteiger partial charge in [-0.05, 0) is 56.2 Å². The van der Waals surface area contributed by atoms with Crippen LogP contribution in [0.15, 0.2) is 33.7 Å². The number of rotatable bonds is 4. The Balaban J connectivity index is 1.46. The first-order valence-corrected chi connectivity index (χ1v) is 12.4. The Labute approximate surface area is 183 Å². The summed E-state index contributed by atoms with van der Waals surface area (Å²) in [4.78, 5) is 19.3. The lowest BCUT2D eigenvalue weighted by molar-refractivity contribution is 0.0704. The van der Waals surface area contributed by atoms with Gasteiger partial charge in [0.2, 0.25) is 15.9 Å². The number of carbonyl (C=O) groups excluding carboxylic acids is 1. The fraction of sp³-hybridized carbons (Fsp3) is 0.591. The van der Waals surface area contributed by atoms with Crippen LogP contribution in [0.2, 0.25) is 0 Å². The Morgan fingerprint density at radius 3 is 2.42 bits per heavy atom. The summed E-state index contributed by atoms with van der Waals surface area (Å²) in [6, 6.07) is 6.45. The minimum atomic E-state index is -3.62. The van der Waals surface area contributed by atoms with E-state index in [0.717, 1.165) is 19.3 Å². The zero-order chi connectivity index (χ0) is 22.2. The first-order valence-electron chi connectivity index (χ1n) is 10.9. The van der Waals surface area contributed by atoms with Gasteiger partial charge in [-0.3, -0.25) is 4.79 Å². The number of aromatic nitrogens is 2. The summed E-state index contributed by atoms with van der Waals surface area (Å²) < 4.78 is 33.3. The number of aryl methyl sites for hydroxylation is 1. The minimum absolute atomic E-state index is 0.141. The average Bonchev–Trinajstić information content (AvgIpc) is 3.19. The monoisotopic (exact) mass is 446 g/mol. The van der Waals surface area contributed by atoms with Gasteiger partial charge in [0.25, 0.3) is 5.91 Å². The molecule has 1 amide bonds. The van der Waals surface area contributed by atoms with Crippen LogP contribution in [0, 0.1) is 18.8 Å². The van der Waals surface area contributed by atoms with E-state index in [2.05, 4.69) is 24.0 Å². The summed E-state index contributed by atoms with van der Waals surface area (Å²) in [5.41, 5.74) is 0.409. The van der Waals surface area contributed by atoms with E-state index in [1.807, 2.05) is 0 Å². The molecule has 2 fully saturated rings. The van der Waals surface area contributed by atoms with Crippen molar-refractivity contribution in [3.63, 3.8) is 0 Å². The number of likely N-dealkylation sites (tertiary alicyclic amines) is 1. The molecule has 8 nitrogen and oxygen atoms in total. The molecule has 0 bridgehead atoms. The van der Waals surface area contributed by atoms with Crippen molar-refractivity contribution >= 4 is 15.9 Å². The van der Waals surface area contributed by atoms with Gasteiger partial charge in [0.05, 0.1) is 4.90 Å². The molecule has 0 aliphatic carbocycles. The van der Waals surface area contributed by atoms with Crippen LogP contribution in [0.4, 0.5) is 0 Å². The van der Waals surface area contributed by atoms with Gasteiger partial charge in [-0.15, -0.1) is 0 Å². The van der Waals surface area contributed by atoms with Crippen molar-refractivity contribution < 1.29 is 17.7 Å². The summed E-state index contributed by atoms with van der Waals surface area (Å²) in [5.74, 6) is 1.91. The molecular weight excluding hydrogens is 416 g/mol. The van der Waals surface area contributed by atoms with Gasteiger partial charge in [-0.25, -0.2) is 8.42 Å². The van der Waals surface area contributed by atoms with Crippen molar-refractivity contribution in [3.8, 4) is 0 Å². The lowest BCUT2D eigenvalue weighted by Gasteiger charge is -2.34. The molecule has 9 heteroatoms. The van der Waals surface area contributed by atoms with Crippen molar-refractivity contribution in [2.75, 3.05) is 26.2 Å². The third-order valence-electron chi connectivity index (χ3n) is 6.23. The van der Waals surface area contributed by atoms with Crippen LogP contribution in [-0.2, 0) is 10.0 Å². The summed E-state index contributed by atoms with van der Waals surface area (Å²) in [6.45, 7) is 8.14. The Bertz CT molecular complexity index is 1030. The average molecular weight is 447 g/mol. The number of hydrogen-bond acceptors (Lipinski definition) is 6. The van der Waals surface area contributed by atoms with E-state index in [-0.39, 0.29) is 16.7 Å². The van der Waals surface area contributed by atoms with E-state index in [1.54, 1.807) is 34.3 Å². The van der Waals surface area contributed by atoms with Crippen LogP contribution in [0.3, 0.4) is 0 Å². The second-order valence-electron chi connectivity index (χ2n) is 9.04. The van der Waals surface area contributed by atoms with E-state index in [0.29, 0.717) is 55.3 Å². The highest BCUT2D eigenvalue weighted by atomic mass is 32.2. The second-order valence-corrected chi connectivity index (χ2v) is 11.0. The molecule has 3 heterocycles. The zero-order valence-electron chi connectivity index (χ0n) is 18.3. The molecule has 2 aliphatic rings. The first kappa shape index (κ1) is 22.0. The van der Waals surface area contributed by atoms with Gasteiger partial charge in [-0.2, -0.15) is 9.29 Å². The number of piperidine rings is 2. The maximum Gasteiger partial charge on any atom is 0.253 e. The molecule has 0 radical (unpaired) electrons. The maximum absolute atomic E-state index is 13.2. The van der Waals surface area contributed by atoms with Gasteiger partial charge in [0.15, 0.2) is 5.82 Å². The molecule has 2 unspecified atom stereocenters. The van der Waals surface area contributed by atoms with E-state index >= 15 is 0 Å². The Kier molecular flexibility index (Phi) is 6.16. The molecule has 2 atom stereocenters. The van der Waals surface area contributed by atoms with Crippen LogP contribution in [-0.4, -0.2) is 59.8 Å². The standard InChI is InChI=1S/C22H30N4O4S/c1-15-11-16(2)14-26(13-15)31(28,29)20-6-4-5-19(12-20)22(27)25-9-7-18(8-10-25)21-23-17(3)24-30-21/h4-6,12,15-16,18H,7-11,13-14H2,1-3H3. The number of carbonyl (C=O) groups is 1. The van der Waals surface area contributed by atoms with Crippen LogP contribution in [0.5, 0.6) is 0 Å². The highest BCUT2D eigenvalue weighted by Crippen LogP contribution is 2.29. The smallest absolute Gasteiger partial charge is 0.253 e.